The minimum Gasteiger partial charge on any atom is -0.478 e. The molecular weight excluding hydrogens is 263 g/mol. The van der Waals surface area contributed by atoms with Gasteiger partial charge < -0.3 is 10.4 Å². The molecule has 1 heterocycles. The molecule has 0 spiro atoms. The molecule has 0 radical (unpaired) electrons. The van der Waals surface area contributed by atoms with E-state index in [0.29, 0.717) is 5.56 Å². The second kappa shape index (κ2) is 5.48. The van der Waals surface area contributed by atoms with Gasteiger partial charge in [0.2, 0.25) is 0 Å². The number of carboxylic acids is 1. The number of carboxylic acid groups (broad SMARTS) is 1. The Balaban J connectivity index is 2.30. The lowest BCUT2D eigenvalue weighted by Gasteiger charge is -2.09. The Morgan fingerprint density at radius 3 is 2.65 bits per heavy atom. The van der Waals surface area contributed by atoms with Crippen LogP contribution in [0.25, 0.3) is 0 Å². The Morgan fingerprint density at radius 1 is 1.25 bits per heavy atom. The topological polar surface area (TPSA) is 79.3 Å². The highest BCUT2D eigenvalue weighted by Gasteiger charge is 2.15. The van der Waals surface area contributed by atoms with E-state index in [-0.39, 0.29) is 16.9 Å². The van der Waals surface area contributed by atoms with Gasteiger partial charge in [-0.3, -0.25) is 4.79 Å². The summed E-state index contributed by atoms with van der Waals surface area (Å²) in [7, 11) is 0. The van der Waals surface area contributed by atoms with Crippen molar-refractivity contribution in [3.63, 3.8) is 0 Å². The average Bonchev–Trinajstić information content (AvgIpc) is 2.38. The van der Waals surface area contributed by atoms with Crippen LogP contribution in [0.1, 0.15) is 26.3 Å². The van der Waals surface area contributed by atoms with Gasteiger partial charge in [-0.15, -0.1) is 0 Å². The van der Waals surface area contributed by atoms with Gasteiger partial charge in [0.1, 0.15) is 17.2 Å². The minimum atomic E-state index is -1.19. The third-order valence-electron chi connectivity index (χ3n) is 2.70. The number of amides is 1. The van der Waals surface area contributed by atoms with Crippen LogP contribution < -0.4 is 5.32 Å². The summed E-state index contributed by atoms with van der Waals surface area (Å²) in [6, 6.07) is 6.53. The Morgan fingerprint density at radius 2 is 2.00 bits per heavy atom. The molecule has 1 aromatic heterocycles. The molecule has 2 rings (SSSR count). The summed E-state index contributed by atoms with van der Waals surface area (Å²) in [6.07, 6.45) is 1.37. The fraction of sp³-hybridized carbons (Fsp3) is 0.0714. The number of hydrogen-bond donors (Lipinski definition) is 2. The molecule has 0 unspecified atom stereocenters. The number of rotatable bonds is 3. The fourth-order valence-corrected chi connectivity index (χ4v) is 1.73. The Bertz CT molecular complexity index is 686. The lowest BCUT2D eigenvalue weighted by molar-refractivity contribution is 0.0697. The molecule has 102 valence electrons. The van der Waals surface area contributed by atoms with Gasteiger partial charge >= 0.3 is 5.97 Å². The number of anilines is 1. The number of benzene rings is 1. The van der Waals surface area contributed by atoms with E-state index in [0.717, 1.165) is 0 Å². The van der Waals surface area contributed by atoms with Crippen molar-refractivity contribution < 1.29 is 19.1 Å². The van der Waals surface area contributed by atoms with E-state index >= 15 is 0 Å². The van der Waals surface area contributed by atoms with Crippen LogP contribution in [0.3, 0.4) is 0 Å². The van der Waals surface area contributed by atoms with Crippen LogP contribution in [0.15, 0.2) is 36.5 Å². The molecule has 1 aromatic carbocycles. The third kappa shape index (κ3) is 2.80. The van der Waals surface area contributed by atoms with E-state index in [1.807, 2.05) is 0 Å². The van der Waals surface area contributed by atoms with Crippen molar-refractivity contribution in [3.05, 3.63) is 59.0 Å². The van der Waals surface area contributed by atoms with Gasteiger partial charge in [0, 0.05) is 11.8 Å². The number of carbonyl (C=O) groups excluding carboxylic acids is 1. The van der Waals surface area contributed by atoms with Gasteiger partial charge in [0.25, 0.3) is 5.91 Å². The van der Waals surface area contributed by atoms with Crippen LogP contribution >= 0.6 is 0 Å². The van der Waals surface area contributed by atoms with E-state index in [2.05, 4.69) is 10.3 Å². The highest BCUT2D eigenvalue weighted by Crippen LogP contribution is 2.15. The number of aryl methyl sites for hydroxylation is 1. The summed E-state index contributed by atoms with van der Waals surface area (Å²) >= 11 is 0. The standard InChI is InChI=1S/C14H11FN2O3/c1-8-7-9(15)4-5-10(8)13(18)17-12-11(14(19)20)3-2-6-16-12/h2-7H,1H3,(H,19,20)(H,16,17,18). The fourth-order valence-electron chi connectivity index (χ4n) is 1.73. The van der Waals surface area contributed by atoms with E-state index in [1.54, 1.807) is 6.92 Å². The SMILES string of the molecule is Cc1cc(F)ccc1C(=O)Nc1ncccc1C(=O)O. The number of aromatic nitrogens is 1. The molecule has 0 saturated carbocycles. The summed E-state index contributed by atoms with van der Waals surface area (Å²) in [6.45, 7) is 1.59. The van der Waals surface area contributed by atoms with Crippen molar-refractivity contribution in [1.82, 2.24) is 4.98 Å². The van der Waals surface area contributed by atoms with Crippen molar-refractivity contribution in [2.24, 2.45) is 0 Å². The molecule has 0 atom stereocenters. The molecule has 5 nitrogen and oxygen atoms in total. The maximum Gasteiger partial charge on any atom is 0.339 e. The zero-order valence-corrected chi connectivity index (χ0v) is 10.6. The molecule has 0 fully saturated rings. The van der Waals surface area contributed by atoms with E-state index < -0.39 is 17.7 Å². The number of pyridine rings is 1. The van der Waals surface area contributed by atoms with E-state index in [9.17, 15) is 14.0 Å². The van der Waals surface area contributed by atoms with Crippen molar-refractivity contribution in [1.29, 1.82) is 0 Å². The van der Waals surface area contributed by atoms with Gasteiger partial charge in [-0.05, 0) is 42.8 Å². The first-order valence-corrected chi connectivity index (χ1v) is 5.75. The van der Waals surface area contributed by atoms with Crippen LogP contribution in [0, 0.1) is 12.7 Å². The Labute approximate surface area is 114 Å². The van der Waals surface area contributed by atoms with Crippen LogP contribution in [-0.2, 0) is 0 Å². The van der Waals surface area contributed by atoms with Crippen LogP contribution in [-0.4, -0.2) is 22.0 Å². The molecule has 20 heavy (non-hydrogen) atoms. The van der Waals surface area contributed by atoms with Crippen LogP contribution in [0.5, 0.6) is 0 Å². The maximum absolute atomic E-state index is 13.0. The van der Waals surface area contributed by atoms with E-state index in [4.69, 9.17) is 5.11 Å². The number of nitrogens with zero attached hydrogens (tertiary/aromatic N) is 1. The molecule has 6 heteroatoms. The average molecular weight is 274 g/mol. The Hall–Kier alpha value is -2.76. The molecule has 2 N–H and O–H groups in total. The minimum absolute atomic E-state index is 0.0475. The zero-order chi connectivity index (χ0) is 14.7. The number of carbonyl (C=O) groups is 2. The van der Waals surface area contributed by atoms with Crippen molar-refractivity contribution >= 4 is 17.7 Å². The number of nitrogens with one attached hydrogen (secondary N) is 1. The molecule has 0 aliphatic rings. The van der Waals surface area contributed by atoms with Crippen molar-refractivity contribution in [3.8, 4) is 0 Å². The monoisotopic (exact) mass is 274 g/mol. The highest BCUT2D eigenvalue weighted by atomic mass is 19.1. The number of hydrogen-bond acceptors (Lipinski definition) is 3. The van der Waals surface area contributed by atoms with Gasteiger partial charge in [0.05, 0.1) is 0 Å². The largest absolute Gasteiger partial charge is 0.478 e. The predicted molar refractivity (Wildman–Crippen MR) is 70.3 cm³/mol. The zero-order valence-electron chi connectivity index (χ0n) is 10.6. The van der Waals surface area contributed by atoms with Gasteiger partial charge in [-0.2, -0.15) is 0 Å². The number of halogens is 1. The second-order valence-corrected chi connectivity index (χ2v) is 4.12. The molecule has 0 aliphatic heterocycles. The molecule has 0 bridgehead atoms. The first-order valence-electron chi connectivity index (χ1n) is 5.75. The van der Waals surface area contributed by atoms with Gasteiger partial charge in [-0.1, -0.05) is 0 Å². The van der Waals surface area contributed by atoms with Crippen molar-refractivity contribution in [2.45, 2.75) is 6.92 Å². The molecule has 1 amide bonds. The smallest absolute Gasteiger partial charge is 0.339 e. The Kier molecular flexibility index (Phi) is 3.74. The lowest BCUT2D eigenvalue weighted by atomic mass is 10.1. The van der Waals surface area contributed by atoms with Gasteiger partial charge in [-0.25, -0.2) is 14.2 Å². The first-order chi connectivity index (χ1) is 9.49. The summed E-state index contributed by atoms with van der Waals surface area (Å²) in [5.41, 5.74) is 0.601. The molecule has 0 saturated heterocycles. The van der Waals surface area contributed by atoms with Crippen LogP contribution in [0.4, 0.5) is 10.2 Å². The number of aromatic carboxylic acids is 1. The molecule has 2 aromatic rings. The first kappa shape index (κ1) is 13.7. The summed E-state index contributed by atoms with van der Waals surface area (Å²) in [5, 5.41) is 11.4. The van der Waals surface area contributed by atoms with E-state index in [1.165, 1.54) is 36.5 Å². The lowest BCUT2D eigenvalue weighted by Crippen LogP contribution is -2.17. The summed E-state index contributed by atoms with van der Waals surface area (Å²) in [5.74, 6) is -2.22. The van der Waals surface area contributed by atoms with Crippen molar-refractivity contribution in [2.75, 3.05) is 5.32 Å². The van der Waals surface area contributed by atoms with Crippen LogP contribution in [0.2, 0.25) is 0 Å². The summed E-state index contributed by atoms with van der Waals surface area (Å²) in [4.78, 5) is 26.9. The van der Waals surface area contributed by atoms with Gasteiger partial charge in [0.15, 0.2) is 0 Å². The maximum atomic E-state index is 13.0. The normalized spacial score (nSPS) is 10.1. The molecular formula is C14H11FN2O3. The molecule has 0 aliphatic carbocycles. The summed E-state index contributed by atoms with van der Waals surface area (Å²) < 4.78 is 13.0. The quantitative estimate of drug-likeness (QED) is 0.901. The highest BCUT2D eigenvalue weighted by molar-refractivity contribution is 6.07. The predicted octanol–water partition coefficient (Wildman–Crippen LogP) is 2.48. The second-order valence-electron chi connectivity index (χ2n) is 4.12. The third-order valence-corrected chi connectivity index (χ3v) is 2.70.